The molecular formula is C16H26N2O3S. The van der Waals surface area contributed by atoms with Gasteiger partial charge in [-0.3, -0.25) is 4.90 Å². The van der Waals surface area contributed by atoms with E-state index in [-0.39, 0.29) is 0 Å². The number of furan rings is 1. The van der Waals surface area contributed by atoms with Crippen molar-refractivity contribution in [2.75, 3.05) is 32.4 Å². The van der Waals surface area contributed by atoms with E-state index in [1.165, 1.54) is 24.7 Å². The number of hydrogen-bond donors (Lipinski definition) is 1. The molecule has 0 bridgehead atoms. The van der Waals surface area contributed by atoms with Gasteiger partial charge in [0.15, 0.2) is 0 Å². The highest BCUT2D eigenvalue weighted by atomic mass is 32.2. The fraction of sp³-hybridized carbons (Fsp3) is 0.625. The summed E-state index contributed by atoms with van der Waals surface area (Å²) in [7, 11) is -3.07. The molecule has 0 aromatic carbocycles. The zero-order valence-corrected chi connectivity index (χ0v) is 14.2. The third kappa shape index (κ3) is 6.34. The van der Waals surface area contributed by atoms with E-state index in [1.807, 2.05) is 12.1 Å². The Balaban J connectivity index is 1.78. The van der Waals surface area contributed by atoms with Crippen LogP contribution in [0.4, 0.5) is 0 Å². The molecule has 2 heterocycles. The third-order valence-electron chi connectivity index (χ3n) is 3.92. The van der Waals surface area contributed by atoms with Crippen molar-refractivity contribution >= 4 is 16.1 Å². The lowest BCUT2D eigenvalue weighted by Crippen LogP contribution is -2.37. The summed E-state index contributed by atoms with van der Waals surface area (Å²) in [4.78, 5) is 2.45. The van der Waals surface area contributed by atoms with Crippen LogP contribution in [0.2, 0.25) is 0 Å². The van der Waals surface area contributed by atoms with Crippen LogP contribution in [-0.4, -0.2) is 45.8 Å². The second kappa shape index (κ2) is 7.94. The van der Waals surface area contributed by atoms with Crippen LogP contribution in [0.5, 0.6) is 0 Å². The second-order valence-corrected chi connectivity index (χ2v) is 8.04. The van der Waals surface area contributed by atoms with Crippen molar-refractivity contribution in [1.82, 2.24) is 9.62 Å². The maximum absolute atomic E-state index is 11.1. The maximum Gasteiger partial charge on any atom is 0.208 e. The quantitative estimate of drug-likeness (QED) is 0.835. The van der Waals surface area contributed by atoms with Gasteiger partial charge in [0.05, 0.1) is 12.5 Å². The van der Waals surface area contributed by atoms with Crippen LogP contribution in [0.15, 0.2) is 28.4 Å². The summed E-state index contributed by atoms with van der Waals surface area (Å²) in [6.45, 7) is 5.75. The molecule has 6 heteroatoms. The molecule has 0 spiro atoms. The van der Waals surface area contributed by atoms with Crippen molar-refractivity contribution in [3.8, 4) is 0 Å². The first kappa shape index (κ1) is 17.2. The molecule has 1 aromatic heterocycles. The van der Waals surface area contributed by atoms with Gasteiger partial charge in [-0.25, -0.2) is 13.1 Å². The van der Waals surface area contributed by atoms with Gasteiger partial charge in [0.1, 0.15) is 5.76 Å². The Bertz CT molecular complexity index is 579. The predicted molar refractivity (Wildman–Crippen MR) is 89.0 cm³/mol. The standard InChI is InChI=1S/C16H26N2O3S/c1-14(11-16-6-4-10-21-16)12-18-9-3-5-15(13-18)7-8-17-22(2,19)20/h4,6,10-11,15,17H,3,5,7-9,12-13H2,1-2H3/b14-11+. The fourth-order valence-corrected chi connectivity index (χ4v) is 3.48. The minimum Gasteiger partial charge on any atom is -0.465 e. The SMILES string of the molecule is C/C(=C\c1ccco1)CN1CCCC(CCNS(C)(=O)=O)C1. The topological polar surface area (TPSA) is 62.6 Å². The second-order valence-electron chi connectivity index (χ2n) is 6.20. The van der Waals surface area contributed by atoms with Gasteiger partial charge in [-0.1, -0.05) is 5.57 Å². The molecule has 1 N–H and O–H groups in total. The van der Waals surface area contributed by atoms with E-state index < -0.39 is 10.0 Å². The Morgan fingerprint density at radius 1 is 1.55 bits per heavy atom. The van der Waals surface area contributed by atoms with Gasteiger partial charge in [-0.2, -0.15) is 0 Å². The highest BCUT2D eigenvalue weighted by molar-refractivity contribution is 7.88. The maximum atomic E-state index is 11.1. The Labute approximate surface area is 133 Å². The Kier molecular flexibility index (Phi) is 6.23. The molecule has 0 aliphatic carbocycles. The third-order valence-corrected chi connectivity index (χ3v) is 4.65. The van der Waals surface area contributed by atoms with Crippen molar-refractivity contribution < 1.29 is 12.8 Å². The van der Waals surface area contributed by atoms with Gasteiger partial charge in [-0.05, 0) is 56.9 Å². The zero-order chi connectivity index (χ0) is 16.0. The zero-order valence-electron chi connectivity index (χ0n) is 13.4. The number of nitrogens with zero attached hydrogens (tertiary/aromatic N) is 1. The van der Waals surface area contributed by atoms with Gasteiger partial charge in [0.2, 0.25) is 10.0 Å². The smallest absolute Gasteiger partial charge is 0.208 e. The molecule has 2 rings (SSSR count). The van der Waals surface area contributed by atoms with Crippen molar-refractivity contribution in [3.05, 3.63) is 29.7 Å². The van der Waals surface area contributed by atoms with Crippen LogP contribution in [0.25, 0.3) is 6.08 Å². The molecule has 5 nitrogen and oxygen atoms in total. The predicted octanol–water partition coefficient (Wildman–Crippen LogP) is 2.33. The summed E-state index contributed by atoms with van der Waals surface area (Å²) < 4.78 is 30.1. The molecular weight excluding hydrogens is 300 g/mol. The van der Waals surface area contributed by atoms with E-state index in [4.69, 9.17) is 4.42 Å². The summed E-state index contributed by atoms with van der Waals surface area (Å²) in [5, 5.41) is 0. The largest absolute Gasteiger partial charge is 0.465 e. The molecule has 1 atom stereocenters. The summed E-state index contributed by atoms with van der Waals surface area (Å²) in [5.41, 5.74) is 1.28. The summed E-state index contributed by atoms with van der Waals surface area (Å²) in [6.07, 6.45) is 8.24. The van der Waals surface area contributed by atoms with Crippen LogP contribution in [0.1, 0.15) is 31.9 Å². The minimum absolute atomic E-state index is 0.540. The van der Waals surface area contributed by atoms with E-state index >= 15 is 0 Å². The molecule has 1 saturated heterocycles. The van der Waals surface area contributed by atoms with Gasteiger partial charge < -0.3 is 4.42 Å². The molecule has 1 aromatic rings. The molecule has 0 saturated carbocycles. The molecule has 0 amide bonds. The number of nitrogens with one attached hydrogen (secondary N) is 1. The Morgan fingerprint density at radius 3 is 3.05 bits per heavy atom. The van der Waals surface area contributed by atoms with E-state index in [1.54, 1.807) is 6.26 Å². The lowest BCUT2D eigenvalue weighted by Gasteiger charge is -2.33. The van der Waals surface area contributed by atoms with E-state index in [9.17, 15) is 8.42 Å². The molecule has 1 aliphatic heterocycles. The minimum atomic E-state index is -3.07. The Hall–Kier alpha value is -1.11. The molecule has 22 heavy (non-hydrogen) atoms. The number of sulfonamides is 1. The van der Waals surface area contributed by atoms with Gasteiger partial charge >= 0.3 is 0 Å². The van der Waals surface area contributed by atoms with Gasteiger partial charge in [0, 0.05) is 19.6 Å². The van der Waals surface area contributed by atoms with Crippen LogP contribution < -0.4 is 4.72 Å². The average Bonchev–Trinajstić information content (AvgIpc) is 2.90. The van der Waals surface area contributed by atoms with E-state index in [0.717, 1.165) is 31.8 Å². The van der Waals surface area contributed by atoms with Gasteiger partial charge in [-0.15, -0.1) is 0 Å². The summed E-state index contributed by atoms with van der Waals surface area (Å²) in [5.74, 6) is 1.46. The average molecular weight is 326 g/mol. The number of rotatable bonds is 7. The van der Waals surface area contributed by atoms with Crippen LogP contribution >= 0.6 is 0 Å². The molecule has 1 fully saturated rings. The number of likely N-dealkylation sites (tertiary alicyclic amines) is 1. The number of piperidine rings is 1. The normalized spacial score (nSPS) is 21.2. The number of hydrogen-bond acceptors (Lipinski definition) is 4. The van der Waals surface area contributed by atoms with Crippen LogP contribution in [0, 0.1) is 5.92 Å². The summed E-state index contributed by atoms with van der Waals surface area (Å²) in [6, 6.07) is 3.85. The highest BCUT2D eigenvalue weighted by Gasteiger charge is 2.20. The van der Waals surface area contributed by atoms with E-state index in [2.05, 4.69) is 22.6 Å². The lowest BCUT2D eigenvalue weighted by atomic mass is 9.94. The first-order valence-corrected chi connectivity index (χ1v) is 9.69. The van der Waals surface area contributed by atoms with Crippen LogP contribution in [-0.2, 0) is 10.0 Å². The summed E-state index contributed by atoms with van der Waals surface area (Å²) >= 11 is 0. The van der Waals surface area contributed by atoms with E-state index in [0.29, 0.717) is 12.5 Å². The van der Waals surface area contributed by atoms with Crippen molar-refractivity contribution in [1.29, 1.82) is 0 Å². The first-order valence-electron chi connectivity index (χ1n) is 7.80. The van der Waals surface area contributed by atoms with Crippen molar-refractivity contribution in [3.63, 3.8) is 0 Å². The molecule has 1 unspecified atom stereocenters. The Morgan fingerprint density at radius 2 is 2.36 bits per heavy atom. The monoisotopic (exact) mass is 326 g/mol. The molecule has 1 aliphatic rings. The molecule has 124 valence electrons. The van der Waals surface area contributed by atoms with Crippen LogP contribution in [0.3, 0.4) is 0 Å². The highest BCUT2D eigenvalue weighted by Crippen LogP contribution is 2.20. The fourth-order valence-electron chi connectivity index (χ4n) is 2.99. The molecule has 0 radical (unpaired) electrons. The lowest BCUT2D eigenvalue weighted by molar-refractivity contribution is 0.182. The first-order chi connectivity index (χ1) is 10.4. The van der Waals surface area contributed by atoms with Gasteiger partial charge in [0.25, 0.3) is 0 Å². The van der Waals surface area contributed by atoms with Crippen molar-refractivity contribution in [2.45, 2.75) is 26.2 Å². The van der Waals surface area contributed by atoms with Crippen molar-refractivity contribution in [2.24, 2.45) is 5.92 Å².